The predicted octanol–water partition coefficient (Wildman–Crippen LogP) is 1.29. The number of nitrogens with zero attached hydrogens (tertiary/aromatic N) is 3. The fraction of sp³-hybridized carbons (Fsp3) is 0.400. The fourth-order valence-electron chi connectivity index (χ4n) is 1.45. The Labute approximate surface area is 82.2 Å². The molecular weight excluding hydrogens is 178 g/mol. The van der Waals surface area contributed by atoms with Crippen LogP contribution in [-0.4, -0.2) is 26.7 Å². The van der Waals surface area contributed by atoms with Crippen LogP contribution in [0.5, 0.6) is 0 Å². The van der Waals surface area contributed by atoms with E-state index in [1.165, 1.54) is 5.56 Å². The first kappa shape index (κ1) is 9.15. The monoisotopic (exact) mass is 191 g/mol. The van der Waals surface area contributed by atoms with Crippen molar-refractivity contribution in [2.24, 2.45) is 0 Å². The van der Waals surface area contributed by atoms with Gasteiger partial charge in [0.25, 0.3) is 0 Å². The Bertz CT molecular complexity index is 450. The number of hydrogen-bond acceptors (Lipinski definition) is 3. The van der Waals surface area contributed by atoms with Crippen LogP contribution in [0.2, 0.25) is 0 Å². The van der Waals surface area contributed by atoms with Crippen molar-refractivity contribution in [3.63, 3.8) is 0 Å². The van der Waals surface area contributed by atoms with E-state index in [4.69, 9.17) is 5.11 Å². The first-order valence-corrected chi connectivity index (χ1v) is 4.65. The molecule has 0 aliphatic rings. The van der Waals surface area contributed by atoms with E-state index in [0.29, 0.717) is 0 Å². The van der Waals surface area contributed by atoms with Gasteiger partial charge in [0.2, 0.25) is 0 Å². The highest BCUT2D eigenvalue weighted by molar-refractivity contribution is 5.75. The number of aliphatic hydroxyl groups excluding tert-OH is 1. The third-order valence-corrected chi connectivity index (χ3v) is 2.31. The maximum Gasteiger partial charge on any atom is 0.113 e. The van der Waals surface area contributed by atoms with Crippen molar-refractivity contribution in [2.45, 2.75) is 19.9 Å². The van der Waals surface area contributed by atoms with Gasteiger partial charge in [-0.15, -0.1) is 5.10 Å². The van der Waals surface area contributed by atoms with Crippen LogP contribution in [0.3, 0.4) is 0 Å². The van der Waals surface area contributed by atoms with Gasteiger partial charge in [-0.2, -0.15) is 0 Å². The van der Waals surface area contributed by atoms with Gasteiger partial charge in [0.05, 0.1) is 18.2 Å². The minimum atomic E-state index is -0.0253. The van der Waals surface area contributed by atoms with Crippen molar-refractivity contribution < 1.29 is 5.11 Å². The Kier molecular flexibility index (Phi) is 2.21. The number of aryl methyl sites for hydroxylation is 1. The van der Waals surface area contributed by atoms with Crippen LogP contribution in [0.25, 0.3) is 11.0 Å². The molecule has 0 amide bonds. The third-order valence-electron chi connectivity index (χ3n) is 2.31. The lowest BCUT2D eigenvalue weighted by molar-refractivity contribution is 0.231. The summed E-state index contributed by atoms with van der Waals surface area (Å²) in [5, 5.41) is 17.1. The van der Waals surface area contributed by atoms with Gasteiger partial charge in [0.1, 0.15) is 5.52 Å². The Balaban J connectivity index is 2.58. The van der Waals surface area contributed by atoms with Gasteiger partial charge >= 0.3 is 0 Å². The van der Waals surface area contributed by atoms with Crippen LogP contribution in [0, 0.1) is 6.92 Å². The molecule has 1 atom stereocenters. The van der Waals surface area contributed by atoms with E-state index in [1.54, 1.807) is 4.68 Å². The zero-order valence-corrected chi connectivity index (χ0v) is 8.31. The average molecular weight is 191 g/mol. The number of benzene rings is 1. The van der Waals surface area contributed by atoms with Crippen LogP contribution >= 0.6 is 0 Å². The highest BCUT2D eigenvalue weighted by Crippen LogP contribution is 2.16. The second-order valence-corrected chi connectivity index (χ2v) is 3.56. The topological polar surface area (TPSA) is 50.9 Å². The molecule has 4 nitrogen and oxygen atoms in total. The lowest BCUT2D eigenvalue weighted by atomic mass is 10.2. The van der Waals surface area contributed by atoms with E-state index >= 15 is 0 Å². The van der Waals surface area contributed by atoms with E-state index in [1.807, 2.05) is 32.0 Å². The number of aliphatic hydroxyl groups is 1. The Hall–Kier alpha value is -1.42. The van der Waals surface area contributed by atoms with Gasteiger partial charge in [-0.25, -0.2) is 4.68 Å². The molecule has 74 valence electrons. The summed E-state index contributed by atoms with van der Waals surface area (Å²) in [5.41, 5.74) is 3.02. The molecule has 0 saturated carbocycles. The van der Waals surface area contributed by atoms with Crippen LogP contribution < -0.4 is 0 Å². The van der Waals surface area contributed by atoms with Gasteiger partial charge < -0.3 is 5.11 Å². The summed E-state index contributed by atoms with van der Waals surface area (Å²) < 4.78 is 1.74. The molecule has 0 fully saturated rings. The quantitative estimate of drug-likeness (QED) is 0.778. The summed E-state index contributed by atoms with van der Waals surface area (Å²) in [6, 6.07) is 5.97. The van der Waals surface area contributed by atoms with E-state index in [2.05, 4.69) is 10.3 Å². The summed E-state index contributed by atoms with van der Waals surface area (Å²) in [6.07, 6.45) is 0. The van der Waals surface area contributed by atoms with Crippen molar-refractivity contribution >= 4 is 11.0 Å². The number of hydrogen-bond donors (Lipinski definition) is 1. The molecule has 2 aromatic rings. The Morgan fingerprint density at radius 1 is 1.50 bits per heavy atom. The minimum Gasteiger partial charge on any atom is -0.394 e. The minimum absolute atomic E-state index is 0.0253. The van der Waals surface area contributed by atoms with Gasteiger partial charge in [-0.3, -0.25) is 0 Å². The molecule has 1 aromatic heterocycles. The molecule has 1 N–H and O–H groups in total. The Morgan fingerprint density at radius 3 is 3.00 bits per heavy atom. The number of aromatic nitrogens is 3. The number of fused-ring (bicyclic) bond motifs is 1. The first-order valence-electron chi connectivity index (χ1n) is 4.65. The van der Waals surface area contributed by atoms with Crippen molar-refractivity contribution in [1.29, 1.82) is 0 Å². The highest BCUT2D eigenvalue weighted by Gasteiger charge is 2.09. The summed E-state index contributed by atoms with van der Waals surface area (Å²) >= 11 is 0. The zero-order chi connectivity index (χ0) is 10.1. The lowest BCUT2D eigenvalue weighted by Gasteiger charge is -2.07. The normalized spacial score (nSPS) is 13.4. The van der Waals surface area contributed by atoms with Crippen molar-refractivity contribution in [3.05, 3.63) is 23.8 Å². The molecule has 0 aliphatic carbocycles. The predicted molar refractivity (Wildman–Crippen MR) is 54.1 cm³/mol. The van der Waals surface area contributed by atoms with E-state index in [-0.39, 0.29) is 12.6 Å². The lowest BCUT2D eigenvalue weighted by Crippen LogP contribution is -2.10. The van der Waals surface area contributed by atoms with Gasteiger partial charge in [-0.05, 0) is 31.5 Å². The fourth-order valence-corrected chi connectivity index (χ4v) is 1.45. The molecule has 0 aliphatic heterocycles. The van der Waals surface area contributed by atoms with Crippen LogP contribution in [0.4, 0.5) is 0 Å². The molecule has 1 unspecified atom stereocenters. The second kappa shape index (κ2) is 3.38. The van der Waals surface area contributed by atoms with Crippen LogP contribution in [-0.2, 0) is 0 Å². The average Bonchev–Trinajstić information content (AvgIpc) is 2.59. The maximum absolute atomic E-state index is 9.03. The molecule has 14 heavy (non-hydrogen) atoms. The molecule has 4 heteroatoms. The van der Waals surface area contributed by atoms with E-state index in [9.17, 15) is 0 Å². The number of rotatable bonds is 2. The maximum atomic E-state index is 9.03. The zero-order valence-electron chi connectivity index (χ0n) is 8.31. The summed E-state index contributed by atoms with van der Waals surface area (Å²) in [6.45, 7) is 4.01. The second-order valence-electron chi connectivity index (χ2n) is 3.56. The smallest absolute Gasteiger partial charge is 0.113 e. The SMILES string of the molecule is Cc1ccc2c(c1)nnn2C(C)CO. The van der Waals surface area contributed by atoms with Gasteiger partial charge in [-0.1, -0.05) is 11.3 Å². The summed E-state index contributed by atoms with van der Waals surface area (Å²) in [5.74, 6) is 0. The van der Waals surface area contributed by atoms with Crippen molar-refractivity contribution in [1.82, 2.24) is 15.0 Å². The van der Waals surface area contributed by atoms with Crippen molar-refractivity contribution in [3.8, 4) is 0 Å². The summed E-state index contributed by atoms with van der Waals surface area (Å²) in [4.78, 5) is 0. The Morgan fingerprint density at radius 2 is 2.29 bits per heavy atom. The van der Waals surface area contributed by atoms with E-state index in [0.717, 1.165) is 11.0 Å². The molecular formula is C10H13N3O. The highest BCUT2D eigenvalue weighted by atomic mass is 16.3. The molecule has 2 rings (SSSR count). The molecule has 1 aromatic carbocycles. The molecule has 0 saturated heterocycles. The van der Waals surface area contributed by atoms with Crippen molar-refractivity contribution in [2.75, 3.05) is 6.61 Å². The summed E-state index contributed by atoms with van der Waals surface area (Å²) in [7, 11) is 0. The van der Waals surface area contributed by atoms with Crippen LogP contribution in [0.15, 0.2) is 18.2 Å². The van der Waals surface area contributed by atoms with Crippen LogP contribution in [0.1, 0.15) is 18.5 Å². The molecule has 1 heterocycles. The first-order chi connectivity index (χ1) is 6.72. The largest absolute Gasteiger partial charge is 0.394 e. The van der Waals surface area contributed by atoms with E-state index < -0.39 is 0 Å². The third kappa shape index (κ3) is 1.37. The standard InChI is InChI=1S/C10H13N3O/c1-7-3-4-10-9(5-7)11-12-13(10)8(2)6-14/h3-5,8,14H,6H2,1-2H3. The van der Waals surface area contributed by atoms with Gasteiger partial charge in [0.15, 0.2) is 0 Å². The van der Waals surface area contributed by atoms with Gasteiger partial charge in [0, 0.05) is 0 Å². The molecule has 0 bridgehead atoms. The molecule has 0 spiro atoms. The molecule has 0 radical (unpaired) electrons.